The smallest absolute Gasteiger partial charge is 0.306 e. The quantitative estimate of drug-likeness (QED) is 0.692. The number of hydrogen-bond donors (Lipinski definition) is 2. The minimum atomic E-state index is -3.20. The monoisotopic (exact) mass is 353 g/mol. The van der Waals surface area contributed by atoms with Crippen LogP contribution in [0.1, 0.15) is 31.2 Å². The zero-order valence-corrected chi connectivity index (χ0v) is 14.3. The van der Waals surface area contributed by atoms with Gasteiger partial charge < -0.3 is 10.4 Å². The summed E-state index contributed by atoms with van der Waals surface area (Å²) in [4.78, 5) is 22.9. The Balaban J connectivity index is 1.69. The van der Waals surface area contributed by atoms with Gasteiger partial charge in [0.1, 0.15) is 0 Å². The fourth-order valence-electron chi connectivity index (χ4n) is 2.99. The fraction of sp³-hybridized carbons (Fsp3) is 0.529. The molecule has 1 aromatic rings. The van der Waals surface area contributed by atoms with E-state index in [2.05, 4.69) is 5.32 Å². The van der Waals surface area contributed by atoms with Crippen LogP contribution in [-0.2, 0) is 25.2 Å². The van der Waals surface area contributed by atoms with Crippen LogP contribution in [0.25, 0.3) is 0 Å². The number of aliphatic carboxylic acids is 1. The van der Waals surface area contributed by atoms with Crippen LogP contribution in [0, 0.1) is 11.8 Å². The zero-order chi connectivity index (χ0) is 17.6. The molecule has 132 valence electrons. The van der Waals surface area contributed by atoms with Crippen LogP contribution in [0.3, 0.4) is 0 Å². The van der Waals surface area contributed by atoms with Crippen molar-refractivity contribution in [2.24, 2.45) is 11.8 Å². The maximum Gasteiger partial charge on any atom is 0.306 e. The predicted molar refractivity (Wildman–Crippen MR) is 90.0 cm³/mol. The number of carbonyl (C=O) groups excluding carboxylic acids is 1. The molecule has 0 heterocycles. The van der Waals surface area contributed by atoms with Gasteiger partial charge in [-0.1, -0.05) is 30.3 Å². The van der Waals surface area contributed by atoms with Gasteiger partial charge >= 0.3 is 5.97 Å². The Labute approximate surface area is 142 Å². The molecule has 1 fully saturated rings. The first-order valence-corrected chi connectivity index (χ1v) is 9.94. The summed E-state index contributed by atoms with van der Waals surface area (Å²) in [5.41, 5.74) is 0.757. The highest BCUT2D eigenvalue weighted by Crippen LogP contribution is 2.31. The van der Waals surface area contributed by atoms with Crippen molar-refractivity contribution in [3.8, 4) is 0 Å². The second-order valence-corrected chi connectivity index (χ2v) is 8.45. The molecule has 1 amide bonds. The van der Waals surface area contributed by atoms with E-state index in [0.717, 1.165) is 5.56 Å². The molecule has 0 bridgehead atoms. The molecule has 0 aliphatic heterocycles. The van der Waals surface area contributed by atoms with Crippen molar-refractivity contribution >= 4 is 21.7 Å². The van der Waals surface area contributed by atoms with E-state index in [4.69, 9.17) is 5.11 Å². The number of sulfone groups is 1. The number of benzene rings is 1. The number of nitrogens with one attached hydrogen (secondary N) is 1. The summed E-state index contributed by atoms with van der Waals surface area (Å²) in [7, 11) is -3.20. The molecule has 6 nitrogen and oxygen atoms in total. The number of carboxylic acids is 1. The van der Waals surface area contributed by atoms with Gasteiger partial charge in [0, 0.05) is 12.5 Å². The Hall–Kier alpha value is -1.89. The molecular formula is C17H23NO5S. The molecule has 24 heavy (non-hydrogen) atoms. The van der Waals surface area contributed by atoms with Crippen LogP contribution in [-0.4, -0.2) is 37.7 Å². The van der Waals surface area contributed by atoms with E-state index in [-0.39, 0.29) is 23.3 Å². The van der Waals surface area contributed by atoms with Crippen LogP contribution < -0.4 is 5.32 Å². The van der Waals surface area contributed by atoms with Gasteiger partial charge in [-0.2, -0.15) is 0 Å². The lowest BCUT2D eigenvalue weighted by molar-refractivity contribution is -0.141. The summed E-state index contributed by atoms with van der Waals surface area (Å²) in [6.07, 6.45) is 1.83. The molecule has 0 unspecified atom stereocenters. The standard InChI is InChI=1S/C17H23NO5S/c19-16(14-7-8-15(11-14)17(20)21)18-9-4-10-24(22,23)12-13-5-2-1-3-6-13/h1-3,5-6,14-15H,4,7-12H2,(H,18,19)(H,20,21)/t14-,15+/m0/s1. The molecule has 2 atom stereocenters. The van der Waals surface area contributed by atoms with Crippen molar-refractivity contribution < 1.29 is 23.1 Å². The van der Waals surface area contributed by atoms with Crippen LogP contribution in [0.4, 0.5) is 0 Å². The van der Waals surface area contributed by atoms with E-state index < -0.39 is 21.7 Å². The van der Waals surface area contributed by atoms with Crippen molar-refractivity contribution in [2.45, 2.75) is 31.4 Å². The second-order valence-electron chi connectivity index (χ2n) is 6.27. The molecule has 1 aromatic carbocycles. The summed E-state index contributed by atoms with van der Waals surface area (Å²) >= 11 is 0. The largest absolute Gasteiger partial charge is 0.481 e. The predicted octanol–water partition coefficient (Wildman–Crippen LogP) is 1.61. The van der Waals surface area contributed by atoms with Crippen molar-refractivity contribution in [2.75, 3.05) is 12.3 Å². The molecular weight excluding hydrogens is 330 g/mol. The number of carboxylic acid groups (broad SMARTS) is 1. The first-order chi connectivity index (χ1) is 11.4. The van der Waals surface area contributed by atoms with Crippen molar-refractivity contribution in [3.05, 3.63) is 35.9 Å². The van der Waals surface area contributed by atoms with Gasteiger partial charge in [0.2, 0.25) is 5.91 Å². The number of carbonyl (C=O) groups is 2. The highest BCUT2D eigenvalue weighted by Gasteiger charge is 2.33. The minimum absolute atomic E-state index is 0.00467. The van der Waals surface area contributed by atoms with Crippen molar-refractivity contribution in [1.82, 2.24) is 5.32 Å². The van der Waals surface area contributed by atoms with E-state index in [9.17, 15) is 18.0 Å². The summed E-state index contributed by atoms with van der Waals surface area (Å²) in [6.45, 7) is 0.293. The summed E-state index contributed by atoms with van der Waals surface area (Å²) in [5.74, 6) is -1.70. The van der Waals surface area contributed by atoms with Gasteiger partial charge in [0.15, 0.2) is 9.84 Å². The highest BCUT2D eigenvalue weighted by molar-refractivity contribution is 7.90. The Morgan fingerprint density at radius 1 is 1.12 bits per heavy atom. The Morgan fingerprint density at radius 3 is 2.42 bits per heavy atom. The normalized spacial score (nSPS) is 20.7. The summed E-state index contributed by atoms with van der Waals surface area (Å²) < 4.78 is 24.1. The average molecular weight is 353 g/mol. The molecule has 0 aromatic heterocycles. The van der Waals surface area contributed by atoms with Gasteiger partial charge in [-0.3, -0.25) is 9.59 Å². The SMILES string of the molecule is O=C(O)[C@@H]1CC[C@H](C(=O)NCCCS(=O)(=O)Cc2ccccc2)C1. The Bertz CT molecular complexity index is 671. The average Bonchev–Trinajstić information content (AvgIpc) is 3.02. The van der Waals surface area contributed by atoms with Crippen LogP contribution in [0.5, 0.6) is 0 Å². The fourth-order valence-corrected chi connectivity index (χ4v) is 4.42. The molecule has 0 spiro atoms. The lowest BCUT2D eigenvalue weighted by Gasteiger charge is -2.11. The number of amides is 1. The van der Waals surface area contributed by atoms with Gasteiger partial charge in [-0.25, -0.2) is 8.42 Å². The molecule has 1 saturated carbocycles. The third-order valence-corrected chi connectivity index (χ3v) is 6.00. The summed E-state index contributed by atoms with van der Waals surface area (Å²) in [5, 5.41) is 11.7. The zero-order valence-electron chi connectivity index (χ0n) is 13.5. The van der Waals surface area contributed by atoms with Crippen LogP contribution >= 0.6 is 0 Å². The van der Waals surface area contributed by atoms with Gasteiger partial charge in [-0.15, -0.1) is 0 Å². The molecule has 1 aliphatic carbocycles. The van der Waals surface area contributed by atoms with E-state index in [1.807, 2.05) is 6.07 Å². The maximum atomic E-state index is 12.0. The van der Waals surface area contributed by atoms with Crippen LogP contribution in [0.15, 0.2) is 30.3 Å². The number of hydrogen-bond acceptors (Lipinski definition) is 4. The first kappa shape index (κ1) is 18.4. The Kier molecular flexibility index (Phi) is 6.36. The lowest BCUT2D eigenvalue weighted by atomic mass is 10.0. The molecule has 2 rings (SSSR count). The van der Waals surface area contributed by atoms with E-state index in [1.54, 1.807) is 24.3 Å². The van der Waals surface area contributed by atoms with Crippen LogP contribution in [0.2, 0.25) is 0 Å². The molecule has 1 aliphatic rings. The van der Waals surface area contributed by atoms with E-state index in [1.165, 1.54) is 0 Å². The molecule has 7 heteroatoms. The molecule has 0 radical (unpaired) electrons. The number of rotatable bonds is 8. The second kappa shape index (κ2) is 8.28. The summed E-state index contributed by atoms with van der Waals surface area (Å²) in [6, 6.07) is 8.99. The minimum Gasteiger partial charge on any atom is -0.481 e. The highest BCUT2D eigenvalue weighted by atomic mass is 32.2. The Morgan fingerprint density at radius 2 is 1.79 bits per heavy atom. The van der Waals surface area contributed by atoms with Crippen molar-refractivity contribution in [3.63, 3.8) is 0 Å². The van der Waals surface area contributed by atoms with E-state index >= 15 is 0 Å². The third kappa shape index (κ3) is 5.63. The van der Waals surface area contributed by atoms with Gasteiger partial charge in [0.25, 0.3) is 0 Å². The van der Waals surface area contributed by atoms with Gasteiger partial charge in [0.05, 0.1) is 17.4 Å². The first-order valence-electron chi connectivity index (χ1n) is 8.12. The van der Waals surface area contributed by atoms with Crippen molar-refractivity contribution in [1.29, 1.82) is 0 Å². The van der Waals surface area contributed by atoms with Gasteiger partial charge in [-0.05, 0) is 31.2 Å². The topological polar surface area (TPSA) is 101 Å². The lowest BCUT2D eigenvalue weighted by Crippen LogP contribution is -2.31. The van der Waals surface area contributed by atoms with E-state index in [0.29, 0.717) is 32.2 Å². The maximum absolute atomic E-state index is 12.0. The molecule has 2 N–H and O–H groups in total. The third-order valence-electron chi connectivity index (χ3n) is 4.31. The molecule has 0 saturated heterocycles.